The first kappa shape index (κ1) is 26.1. The van der Waals surface area contributed by atoms with Crippen molar-refractivity contribution in [3.63, 3.8) is 0 Å². The van der Waals surface area contributed by atoms with Crippen molar-refractivity contribution in [1.82, 2.24) is 29.7 Å². The van der Waals surface area contributed by atoms with E-state index in [0.717, 1.165) is 44.9 Å². The van der Waals surface area contributed by atoms with Crippen LogP contribution in [0.2, 0.25) is 0 Å². The van der Waals surface area contributed by atoms with E-state index in [2.05, 4.69) is 20.3 Å². The molecule has 1 aliphatic heterocycles. The fourth-order valence-corrected chi connectivity index (χ4v) is 4.90. The molecule has 2 amide bonds. The zero-order chi connectivity index (χ0) is 25.7. The minimum Gasteiger partial charge on any atom is -0.446 e. The first-order valence-electron chi connectivity index (χ1n) is 12.9. The van der Waals surface area contributed by atoms with E-state index in [4.69, 9.17) is 15.2 Å². The number of likely N-dealkylation sites (N-methyl/N-ethyl adjacent to an activating group) is 1. The first-order valence-corrected chi connectivity index (χ1v) is 12.9. The number of carbonyl (C=O) groups is 2. The van der Waals surface area contributed by atoms with Gasteiger partial charge in [0.25, 0.3) is 5.91 Å². The Kier molecular flexibility index (Phi) is 8.57. The molecule has 0 bridgehead atoms. The van der Waals surface area contributed by atoms with Crippen molar-refractivity contribution in [1.29, 1.82) is 0 Å². The molecule has 36 heavy (non-hydrogen) atoms. The summed E-state index contributed by atoms with van der Waals surface area (Å²) in [6.45, 7) is 5.24. The molecule has 198 valence electrons. The van der Waals surface area contributed by atoms with Gasteiger partial charge in [-0.05, 0) is 64.7 Å². The third-order valence-corrected chi connectivity index (χ3v) is 7.01. The topological polar surface area (TPSA) is 158 Å². The molecular weight excluding hydrogens is 466 g/mol. The lowest BCUT2D eigenvalue weighted by atomic mass is 9.92. The number of hydrogen-bond donors (Lipinski definition) is 3. The predicted octanol–water partition coefficient (Wildman–Crippen LogP) is 2.12. The molecule has 1 aliphatic carbocycles. The SMILES string of the molecule is CCNC(=O)C(O)O[C@H](C)n1cnc2c(N)nc(CCC3CCN(C(=O)OC4CCCC4)CC3)nc21. The number of nitrogens with two attached hydrogens (primary N) is 1. The van der Waals surface area contributed by atoms with Crippen LogP contribution in [-0.4, -0.2) is 73.6 Å². The number of piperidine rings is 1. The second-order valence-electron chi connectivity index (χ2n) is 9.59. The molecule has 4 rings (SSSR count). The molecule has 1 saturated carbocycles. The summed E-state index contributed by atoms with van der Waals surface area (Å²) in [7, 11) is 0. The number of likely N-dealkylation sites (tertiary alicyclic amines) is 1. The number of amides is 2. The van der Waals surface area contributed by atoms with Crippen molar-refractivity contribution in [3.8, 4) is 0 Å². The van der Waals surface area contributed by atoms with Crippen LogP contribution in [0.3, 0.4) is 0 Å². The van der Waals surface area contributed by atoms with Crippen LogP contribution in [-0.2, 0) is 20.7 Å². The van der Waals surface area contributed by atoms with Crippen molar-refractivity contribution >= 4 is 29.0 Å². The van der Waals surface area contributed by atoms with E-state index in [9.17, 15) is 14.7 Å². The minimum absolute atomic E-state index is 0.0889. The highest BCUT2D eigenvalue weighted by atomic mass is 16.6. The molecular formula is C24H37N7O5. The van der Waals surface area contributed by atoms with E-state index in [1.54, 1.807) is 18.4 Å². The molecule has 0 radical (unpaired) electrons. The second kappa shape index (κ2) is 11.8. The van der Waals surface area contributed by atoms with Crippen LogP contribution in [0, 0.1) is 5.92 Å². The Morgan fingerprint density at radius 3 is 2.64 bits per heavy atom. The smallest absolute Gasteiger partial charge is 0.410 e. The summed E-state index contributed by atoms with van der Waals surface area (Å²) in [6.07, 6.45) is 6.70. The Hall–Kier alpha value is -2.99. The highest BCUT2D eigenvalue weighted by Crippen LogP contribution is 2.26. The van der Waals surface area contributed by atoms with Crippen molar-refractivity contribution < 1.29 is 24.2 Å². The third-order valence-electron chi connectivity index (χ3n) is 7.01. The molecule has 1 unspecified atom stereocenters. The number of nitrogens with one attached hydrogen (secondary N) is 1. The van der Waals surface area contributed by atoms with E-state index in [1.165, 1.54) is 6.33 Å². The van der Waals surface area contributed by atoms with Crippen LogP contribution in [0.4, 0.5) is 10.6 Å². The second-order valence-corrected chi connectivity index (χ2v) is 9.59. The fourth-order valence-electron chi connectivity index (χ4n) is 4.90. The van der Waals surface area contributed by atoms with E-state index >= 15 is 0 Å². The Balaban J connectivity index is 1.32. The Labute approximate surface area is 210 Å². The lowest BCUT2D eigenvalue weighted by molar-refractivity contribution is -0.176. The molecule has 12 nitrogen and oxygen atoms in total. The number of aromatic nitrogens is 4. The largest absolute Gasteiger partial charge is 0.446 e. The molecule has 3 heterocycles. The van der Waals surface area contributed by atoms with Crippen LogP contribution in [0.25, 0.3) is 11.2 Å². The van der Waals surface area contributed by atoms with Gasteiger partial charge in [-0.1, -0.05) is 0 Å². The number of aryl methyl sites for hydroxylation is 1. The predicted molar refractivity (Wildman–Crippen MR) is 132 cm³/mol. The Morgan fingerprint density at radius 1 is 1.22 bits per heavy atom. The number of aliphatic hydroxyl groups excluding tert-OH is 1. The summed E-state index contributed by atoms with van der Waals surface area (Å²) in [5.41, 5.74) is 7.07. The van der Waals surface area contributed by atoms with Crippen LogP contribution in [0.15, 0.2) is 6.33 Å². The van der Waals surface area contributed by atoms with Gasteiger partial charge in [-0.2, -0.15) is 0 Å². The highest BCUT2D eigenvalue weighted by molar-refractivity contribution is 5.81. The van der Waals surface area contributed by atoms with Gasteiger partial charge in [0.15, 0.2) is 11.5 Å². The Bertz CT molecular complexity index is 1050. The number of nitrogen functional groups attached to an aromatic ring is 1. The summed E-state index contributed by atoms with van der Waals surface area (Å²) in [4.78, 5) is 39.4. The van der Waals surface area contributed by atoms with E-state index in [1.807, 2.05) is 4.90 Å². The van der Waals surface area contributed by atoms with Crippen LogP contribution in [0.1, 0.15) is 70.8 Å². The number of hydrogen-bond acceptors (Lipinski definition) is 9. The number of nitrogens with zero attached hydrogens (tertiary/aromatic N) is 5. The quantitative estimate of drug-likeness (QED) is 0.436. The number of rotatable bonds is 9. The zero-order valence-corrected chi connectivity index (χ0v) is 21.1. The highest BCUT2D eigenvalue weighted by Gasteiger charge is 2.27. The number of imidazole rings is 1. The van der Waals surface area contributed by atoms with Gasteiger partial charge in [0.05, 0.1) is 6.33 Å². The van der Waals surface area contributed by atoms with Gasteiger partial charge in [0, 0.05) is 26.1 Å². The van der Waals surface area contributed by atoms with Gasteiger partial charge in [-0.15, -0.1) is 0 Å². The summed E-state index contributed by atoms with van der Waals surface area (Å²) in [6, 6.07) is 0. The summed E-state index contributed by atoms with van der Waals surface area (Å²) in [5, 5.41) is 12.5. The fraction of sp³-hybridized carbons (Fsp3) is 0.708. The minimum atomic E-state index is -1.61. The van der Waals surface area contributed by atoms with Crippen LogP contribution in [0.5, 0.6) is 0 Å². The lowest BCUT2D eigenvalue weighted by Gasteiger charge is -2.32. The third kappa shape index (κ3) is 6.22. The molecule has 1 saturated heterocycles. The Morgan fingerprint density at radius 2 is 1.94 bits per heavy atom. The van der Waals surface area contributed by atoms with Gasteiger partial charge in [0.2, 0.25) is 6.29 Å². The van der Waals surface area contributed by atoms with Gasteiger partial charge in [0.1, 0.15) is 23.7 Å². The first-order chi connectivity index (χ1) is 17.4. The lowest BCUT2D eigenvalue weighted by Crippen LogP contribution is -2.40. The monoisotopic (exact) mass is 503 g/mol. The van der Waals surface area contributed by atoms with Crippen molar-refractivity contribution in [3.05, 3.63) is 12.2 Å². The van der Waals surface area contributed by atoms with E-state index < -0.39 is 18.4 Å². The number of ether oxygens (including phenoxy) is 2. The van der Waals surface area contributed by atoms with E-state index in [0.29, 0.717) is 49.0 Å². The molecule has 2 aromatic rings. The number of anilines is 1. The van der Waals surface area contributed by atoms with Gasteiger partial charge in [-0.3, -0.25) is 9.36 Å². The van der Waals surface area contributed by atoms with Crippen molar-refractivity contribution in [2.24, 2.45) is 5.92 Å². The summed E-state index contributed by atoms with van der Waals surface area (Å²) < 4.78 is 12.7. The maximum absolute atomic E-state index is 12.4. The average Bonchev–Trinajstić information content (AvgIpc) is 3.53. The van der Waals surface area contributed by atoms with Crippen molar-refractivity contribution in [2.45, 2.75) is 83.8 Å². The van der Waals surface area contributed by atoms with E-state index in [-0.39, 0.29) is 18.0 Å². The standard InChI is InChI=1S/C24H37N7O5/c1-3-26-22(32)23(33)35-15(2)31-14-27-19-20(25)28-18(29-21(19)31)9-8-16-10-12-30(13-11-16)24(34)36-17-6-4-5-7-17/h14-17,23,33H,3-13H2,1-2H3,(H,26,32)(H2,25,28,29)/t15-,23?/m1/s1. The molecule has 2 atom stereocenters. The molecule has 2 aliphatic rings. The molecule has 0 spiro atoms. The van der Waals surface area contributed by atoms with Gasteiger partial charge in [-0.25, -0.2) is 19.7 Å². The van der Waals surface area contributed by atoms with Crippen molar-refractivity contribution in [2.75, 3.05) is 25.4 Å². The number of fused-ring (bicyclic) bond motifs is 1. The molecule has 4 N–H and O–H groups in total. The van der Waals surface area contributed by atoms with Gasteiger partial charge >= 0.3 is 6.09 Å². The van der Waals surface area contributed by atoms with Crippen LogP contribution >= 0.6 is 0 Å². The van der Waals surface area contributed by atoms with Gasteiger partial charge < -0.3 is 30.5 Å². The molecule has 2 aromatic heterocycles. The normalized spacial score (nSPS) is 18.9. The van der Waals surface area contributed by atoms with Crippen LogP contribution < -0.4 is 11.1 Å². The maximum Gasteiger partial charge on any atom is 0.410 e. The average molecular weight is 504 g/mol. The molecule has 0 aromatic carbocycles. The number of carbonyl (C=O) groups excluding carboxylic acids is 2. The maximum atomic E-state index is 12.4. The molecule has 12 heteroatoms. The number of aliphatic hydroxyl groups is 1. The molecule has 2 fully saturated rings. The summed E-state index contributed by atoms with van der Waals surface area (Å²) in [5.74, 6) is 0.720. The summed E-state index contributed by atoms with van der Waals surface area (Å²) >= 11 is 0. The zero-order valence-electron chi connectivity index (χ0n) is 21.1.